The van der Waals surface area contributed by atoms with Crippen molar-refractivity contribution in [2.24, 2.45) is 0 Å². The Bertz CT molecular complexity index is 366. The van der Waals surface area contributed by atoms with E-state index in [1.165, 1.54) is 6.08 Å². The molecule has 1 rings (SSSR count). The molecule has 1 aromatic rings. The van der Waals surface area contributed by atoms with E-state index in [2.05, 4.69) is 0 Å². The third-order valence-corrected chi connectivity index (χ3v) is 2.27. The van der Waals surface area contributed by atoms with Crippen LogP contribution in [0.5, 0.6) is 0 Å². The van der Waals surface area contributed by atoms with E-state index in [-0.39, 0.29) is 6.61 Å². The van der Waals surface area contributed by atoms with E-state index in [9.17, 15) is 4.79 Å². The van der Waals surface area contributed by atoms with Gasteiger partial charge in [0.15, 0.2) is 0 Å². The van der Waals surface area contributed by atoms with Gasteiger partial charge >= 0.3 is 5.97 Å². The zero-order valence-corrected chi connectivity index (χ0v) is 9.51. The first-order valence-corrected chi connectivity index (χ1v) is 5.11. The number of aliphatic carboxylic acids is 1. The number of hydrogen-bond donors (Lipinski definition) is 1. The lowest BCUT2D eigenvalue weighted by molar-refractivity contribution is -0.131. The summed E-state index contributed by atoms with van der Waals surface area (Å²) in [5, 5.41) is 8.42. The van der Waals surface area contributed by atoms with Crippen LogP contribution in [0.25, 0.3) is 0 Å². The lowest BCUT2D eigenvalue weighted by Crippen LogP contribution is -2.21. The second-order valence-corrected chi connectivity index (χ2v) is 3.93. The Morgan fingerprint density at radius 3 is 2.56 bits per heavy atom. The van der Waals surface area contributed by atoms with E-state index in [0.717, 1.165) is 11.6 Å². The summed E-state index contributed by atoms with van der Waals surface area (Å²) in [6, 6.07) is 9.83. The minimum atomic E-state index is -0.957. The lowest BCUT2D eigenvalue weighted by atomic mass is 9.98. The fourth-order valence-electron chi connectivity index (χ4n) is 1.33. The van der Waals surface area contributed by atoms with Gasteiger partial charge in [-0.15, -0.1) is 0 Å². The van der Waals surface area contributed by atoms with Gasteiger partial charge < -0.3 is 9.84 Å². The van der Waals surface area contributed by atoms with Gasteiger partial charge in [-0.2, -0.15) is 0 Å². The normalized spacial score (nSPS) is 11.9. The van der Waals surface area contributed by atoms with Gasteiger partial charge in [0.2, 0.25) is 0 Å². The molecule has 0 saturated heterocycles. The molecule has 0 atom stereocenters. The van der Waals surface area contributed by atoms with Crippen LogP contribution in [0.4, 0.5) is 0 Å². The van der Waals surface area contributed by atoms with Crippen LogP contribution in [-0.4, -0.2) is 17.7 Å². The second-order valence-electron chi connectivity index (χ2n) is 3.93. The van der Waals surface area contributed by atoms with E-state index in [0.29, 0.717) is 0 Å². The van der Waals surface area contributed by atoms with E-state index >= 15 is 0 Å². The maximum absolute atomic E-state index is 10.3. The fraction of sp³-hybridized carbons (Fsp3) is 0.308. The zero-order valence-electron chi connectivity index (χ0n) is 9.51. The van der Waals surface area contributed by atoms with E-state index < -0.39 is 11.6 Å². The molecule has 0 bridgehead atoms. The van der Waals surface area contributed by atoms with Crippen molar-refractivity contribution in [2.75, 3.05) is 6.61 Å². The summed E-state index contributed by atoms with van der Waals surface area (Å²) >= 11 is 0. The minimum Gasteiger partial charge on any atom is -0.478 e. The predicted molar refractivity (Wildman–Crippen MR) is 62.2 cm³/mol. The van der Waals surface area contributed by atoms with Crippen LogP contribution in [0.3, 0.4) is 0 Å². The Morgan fingerprint density at radius 2 is 2.00 bits per heavy atom. The summed E-state index contributed by atoms with van der Waals surface area (Å²) in [6.45, 7) is 4.20. The molecule has 0 radical (unpaired) electrons. The first kappa shape index (κ1) is 12.5. The maximum Gasteiger partial charge on any atom is 0.328 e. The van der Waals surface area contributed by atoms with Crippen molar-refractivity contribution in [1.82, 2.24) is 0 Å². The maximum atomic E-state index is 10.3. The first-order valence-electron chi connectivity index (χ1n) is 5.11. The van der Waals surface area contributed by atoms with Gasteiger partial charge in [0, 0.05) is 6.08 Å². The topological polar surface area (TPSA) is 46.5 Å². The summed E-state index contributed by atoms with van der Waals surface area (Å²) < 4.78 is 5.62. The third-order valence-electron chi connectivity index (χ3n) is 2.27. The van der Waals surface area contributed by atoms with Gasteiger partial charge in [0.1, 0.15) is 0 Å². The molecule has 0 fully saturated rings. The molecule has 1 aromatic carbocycles. The molecule has 0 unspecified atom stereocenters. The summed E-state index contributed by atoms with van der Waals surface area (Å²) in [6.07, 6.45) is 2.58. The molecule has 0 aliphatic rings. The van der Waals surface area contributed by atoms with E-state index in [4.69, 9.17) is 9.84 Å². The van der Waals surface area contributed by atoms with Crippen LogP contribution in [0.1, 0.15) is 19.4 Å². The van der Waals surface area contributed by atoms with Crippen LogP contribution in [0.15, 0.2) is 42.5 Å². The van der Waals surface area contributed by atoms with Crippen molar-refractivity contribution >= 4 is 5.97 Å². The average molecular weight is 220 g/mol. The average Bonchev–Trinajstić information content (AvgIpc) is 2.26. The monoisotopic (exact) mass is 220 g/mol. The van der Waals surface area contributed by atoms with Crippen LogP contribution in [0.2, 0.25) is 0 Å². The number of carbonyl (C=O) groups is 1. The molecule has 0 aromatic heterocycles. The molecular formula is C13H16O3. The van der Waals surface area contributed by atoms with Gasteiger partial charge in [-0.05, 0) is 19.4 Å². The first-order chi connectivity index (χ1) is 7.52. The number of benzene rings is 1. The number of carboxylic acid groups (broad SMARTS) is 1. The zero-order chi connectivity index (χ0) is 12.0. The molecule has 0 amide bonds. The van der Waals surface area contributed by atoms with Crippen molar-refractivity contribution in [2.45, 2.75) is 19.4 Å². The molecule has 3 nitrogen and oxygen atoms in total. The largest absolute Gasteiger partial charge is 0.478 e. The second kappa shape index (κ2) is 5.47. The van der Waals surface area contributed by atoms with Crippen LogP contribution in [-0.2, 0) is 15.1 Å². The van der Waals surface area contributed by atoms with Crippen molar-refractivity contribution in [3.05, 3.63) is 48.0 Å². The summed E-state index contributed by atoms with van der Waals surface area (Å²) in [5.74, 6) is -0.957. The smallest absolute Gasteiger partial charge is 0.328 e. The molecule has 1 N–H and O–H groups in total. The van der Waals surface area contributed by atoms with E-state index in [1.807, 2.05) is 44.2 Å². The van der Waals surface area contributed by atoms with Gasteiger partial charge in [-0.3, -0.25) is 0 Å². The Morgan fingerprint density at radius 1 is 1.38 bits per heavy atom. The number of rotatable bonds is 5. The van der Waals surface area contributed by atoms with Crippen molar-refractivity contribution in [3.8, 4) is 0 Å². The van der Waals surface area contributed by atoms with Crippen molar-refractivity contribution in [1.29, 1.82) is 0 Å². The highest BCUT2D eigenvalue weighted by Crippen LogP contribution is 2.23. The molecule has 0 saturated carbocycles. The SMILES string of the molecule is CC(C)(OC/C=C/C(=O)O)c1ccccc1. The highest BCUT2D eigenvalue weighted by atomic mass is 16.5. The molecule has 0 aliphatic carbocycles. The Hall–Kier alpha value is -1.61. The number of ether oxygens (including phenoxy) is 1. The third kappa shape index (κ3) is 3.87. The quantitative estimate of drug-likeness (QED) is 0.776. The standard InChI is InChI=1S/C13H16O3/c1-13(2,11-7-4-3-5-8-11)16-10-6-9-12(14)15/h3-9H,10H2,1-2H3,(H,14,15)/b9-6+. The highest BCUT2D eigenvalue weighted by molar-refractivity contribution is 5.79. The highest BCUT2D eigenvalue weighted by Gasteiger charge is 2.19. The molecule has 86 valence electrons. The number of carboxylic acids is 1. The molecule has 0 aliphatic heterocycles. The van der Waals surface area contributed by atoms with Crippen LogP contribution in [0, 0.1) is 0 Å². The molecule has 16 heavy (non-hydrogen) atoms. The van der Waals surface area contributed by atoms with Crippen LogP contribution >= 0.6 is 0 Å². The predicted octanol–water partition coefficient (Wildman–Crippen LogP) is 2.58. The van der Waals surface area contributed by atoms with Gasteiger partial charge in [-0.25, -0.2) is 4.79 Å². The Balaban J connectivity index is 2.56. The summed E-state index contributed by atoms with van der Waals surface area (Å²) in [7, 11) is 0. The molecular weight excluding hydrogens is 204 g/mol. The molecule has 3 heteroatoms. The minimum absolute atomic E-state index is 0.286. The number of hydrogen-bond acceptors (Lipinski definition) is 2. The summed E-state index contributed by atoms with van der Waals surface area (Å²) in [5.41, 5.74) is 0.656. The van der Waals surface area contributed by atoms with Crippen LogP contribution < -0.4 is 0 Å². The Labute approximate surface area is 95.4 Å². The molecule has 0 spiro atoms. The lowest BCUT2D eigenvalue weighted by Gasteiger charge is -2.25. The van der Waals surface area contributed by atoms with Gasteiger partial charge in [-0.1, -0.05) is 36.4 Å². The van der Waals surface area contributed by atoms with Crippen molar-refractivity contribution < 1.29 is 14.6 Å². The van der Waals surface area contributed by atoms with Gasteiger partial charge in [0.05, 0.1) is 12.2 Å². The van der Waals surface area contributed by atoms with E-state index in [1.54, 1.807) is 0 Å². The molecule has 0 heterocycles. The Kier molecular flexibility index (Phi) is 4.26. The summed E-state index contributed by atoms with van der Waals surface area (Å²) in [4.78, 5) is 10.3. The fourth-order valence-corrected chi connectivity index (χ4v) is 1.33. The van der Waals surface area contributed by atoms with Gasteiger partial charge in [0.25, 0.3) is 0 Å². The van der Waals surface area contributed by atoms with Crippen molar-refractivity contribution in [3.63, 3.8) is 0 Å².